The average Bonchev–Trinajstić information content (AvgIpc) is 2.53. The van der Waals surface area contributed by atoms with Crippen LogP contribution >= 0.6 is 11.6 Å². The summed E-state index contributed by atoms with van der Waals surface area (Å²) in [6.07, 6.45) is 12.0. The van der Waals surface area contributed by atoms with E-state index in [2.05, 4.69) is 26.0 Å². The van der Waals surface area contributed by atoms with Gasteiger partial charge in [0.1, 0.15) is 0 Å². The lowest BCUT2D eigenvalue weighted by molar-refractivity contribution is 0.595. The van der Waals surface area contributed by atoms with Crippen molar-refractivity contribution in [1.29, 1.82) is 0 Å². The summed E-state index contributed by atoms with van der Waals surface area (Å²) >= 11 is 6.18. The third-order valence-corrected chi connectivity index (χ3v) is 3.27. The highest BCUT2D eigenvalue weighted by molar-refractivity contribution is 6.31. The van der Waals surface area contributed by atoms with Crippen molar-refractivity contribution in [2.24, 2.45) is 5.92 Å². The Morgan fingerprint density at radius 2 is 1.93 bits per heavy atom. The Balaban J connectivity index is 2.47. The van der Waals surface area contributed by atoms with E-state index in [-0.39, 0.29) is 0 Å². The van der Waals surface area contributed by atoms with Gasteiger partial charge in [-0.3, -0.25) is 0 Å². The molecule has 0 heterocycles. The maximum absolute atomic E-state index is 6.18. The molecule has 0 aromatic carbocycles. The molecule has 14 heavy (non-hydrogen) atoms. The van der Waals surface area contributed by atoms with Crippen LogP contribution in [0.2, 0.25) is 0 Å². The second-order valence-electron chi connectivity index (χ2n) is 4.08. The molecule has 0 bridgehead atoms. The molecular formula is C13H21Cl. The third kappa shape index (κ3) is 3.16. The molecule has 0 nitrogen and oxygen atoms in total. The van der Waals surface area contributed by atoms with Gasteiger partial charge in [0.25, 0.3) is 0 Å². The minimum Gasteiger partial charge on any atom is -0.0844 e. The lowest BCUT2D eigenvalue weighted by Crippen LogP contribution is -1.99. The lowest BCUT2D eigenvalue weighted by atomic mass is 9.93. The quantitative estimate of drug-likeness (QED) is 0.578. The zero-order valence-corrected chi connectivity index (χ0v) is 10.1. The molecule has 0 amide bonds. The van der Waals surface area contributed by atoms with Gasteiger partial charge >= 0.3 is 0 Å². The number of hydrogen-bond donors (Lipinski definition) is 0. The lowest BCUT2D eigenvalue weighted by Gasteiger charge is -2.13. The van der Waals surface area contributed by atoms with Crippen molar-refractivity contribution < 1.29 is 0 Å². The summed E-state index contributed by atoms with van der Waals surface area (Å²) in [4.78, 5) is 0. The molecule has 1 unspecified atom stereocenters. The Labute approximate surface area is 93.0 Å². The fourth-order valence-corrected chi connectivity index (χ4v) is 2.27. The molecule has 0 saturated heterocycles. The van der Waals surface area contributed by atoms with Gasteiger partial charge in [0.2, 0.25) is 0 Å². The van der Waals surface area contributed by atoms with E-state index >= 15 is 0 Å². The van der Waals surface area contributed by atoms with Crippen LogP contribution in [-0.4, -0.2) is 0 Å². The molecule has 1 heteroatoms. The van der Waals surface area contributed by atoms with E-state index in [1.807, 2.05) is 0 Å². The number of hydrogen-bond acceptors (Lipinski definition) is 0. The molecule has 1 aliphatic carbocycles. The Morgan fingerprint density at radius 1 is 1.21 bits per heavy atom. The third-order valence-electron chi connectivity index (χ3n) is 2.90. The van der Waals surface area contributed by atoms with Crippen LogP contribution in [0, 0.1) is 5.92 Å². The van der Waals surface area contributed by atoms with E-state index in [0.29, 0.717) is 5.92 Å². The fraction of sp³-hybridized carbons (Fsp3) is 0.692. The van der Waals surface area contributed by atoms with Crippen LogP contribution < -0.4 is 0 Å². The predicted molar refractivity (Wildman–Crippen MR) is 64.6 cm³/mol. The van der Waals surface area contributed by atoms with Crippen LogP contribution in [0.25, 0.3) is 0 Å². The molecule has 80 valence electrons. The normalized spacial score (nSPS) is 20.9. The first kappa shape index (κ1) is 11.8. The molecule has 0 spiro atoms. The van der Waals surface area contributed by atoms with Crippen molar-refractivity contribution in [2.75, 3.05) is 0 Å². The van der Waals surface area contributed by atoms with Gasteiger partial charge in [-0.05, 0) is 36.8 Å². The van der Waals surface area contributed by atoms with Gasteiger partial charge in [-0.15, -0.1) is 0 Å². The molecule has 0 aliphatic heterocycles. The van der Waals surface area contributed by atoms with Crippen LogP contribution in [0.15, 0.2) is 22.8 Å². The molecular weight excluding hydrogens is 192 g/mol. The van der Waals surface area contributed by atoms with E-state index in [0.717, 1.165) is 5.03 Å². The number of rotatable bonds is 6. The van der Waals surface area contributed by atoms with Crippen LogP contribution in [-0.2, 0) is 0 Å². The first-order valence-corrected chi connectivity index (χ1v) is 6.24. The summed E-state index contributed by atoms with van der Waals surface area (Å²) in [5, 5.41) is 1.01. The van der Waals surface area contributed by atoms with Gasteiger partial charge in [-0.25, -0.2) is 0 Å². The van der Waals surface area contributed by atoms with Crippen molar-refractivity contribution in [3.8, 4) is 0 Å². The molecule has 0 aromatic rings. The average molecular weight is 213 g/mol. The minimum atomic E-state index is 0.647. The largest absolute Gasteiger partial charge is 0.0844 e. The number of allylic oxidation sites excluding steroid dienone is 4. The van der Waals surface area contributed by atoms with Crippen molar-refractivity contribution in [3.05, 3.63) is 22.8 Å². The molecule has 0 N–H and O–H groups in total. The van der Waals surface area contributed by atoms with Gasteiger partial charge in [0.05, 0.1) is 0 Å². The minimum absolute atomic E-state index is 0.647. The first-order chi connectivity index (χ1) is 6.79. The van der Waals surface area contributed by atoms with Crippen molar-refractivity contribution in [1.82, 2.24) is 0 Å². The van der Waals surface area contributed by atoms with Crippen LogP contribution in [0.3, 0.4) is 0 Å². The zero-order chi connectivity index (χ0) is 10.4. The highest BCUT2D eigenvalue weighted by atomic mass is 35.5. The Bertz CT molecular complexity index is 225. The monoisotopic (exact) mass is 212 g/mol. The second kappa shape index (κ2) is 6.29. The van der Waals surface area contributed by atoms with E-state index in [9.17, 15) is 0 Å². The highest BCUT2D eigenvalue weighted by Crippen LogP contribution is 2.34. The Morgan fingerprint density at radius 3 is 2.57 bits per heavy atom. The summed E-state index contributed by atoms with van der Waals surface area (Å²) in [7, 11) is 0. The predicted octanol–water partition coefficient (Wildman–Crippen LogP) is 5.05. The molecule has 1 atom stereocenters. The zero-order valence-electron chi connectivity index (χ0n) is 9.35. The van der Waals surface area contributed by atoms with Crippen molar-refractivity contribution >= 4 is 11.6 Å². The Hall–Kier alpha value is -0.230. The molecule has 0 fully saturated rings. The summed E-state index contributed by atoms with van der Waals surface area (Å²) in [6.45, 7) is 4.48. The molecule has 1 rings (SSSR count). The van der Waals surface area contributed by atoms with E-state index in [1.165, 1.54) is 44.1 Å². The van der Waals surface area contributed by atoms with E-state index in [1.54, 1.807) is 0 Å². The van der Waals surface area contributed by atoms with Crippen molar-refractivity contribution in [3.63, 3.8) is 0 Å². The maximum Gasteiger partial charge on any atom is 0.0401 e. The van der Waals surface area contributed by atoms with Gasteiger partial charge in [0, 0.05) is 5.03 Å². The van der Waals surface area contributed by atoms with E-state index < -0.39 is 0 Å². The number of halogens is 1. The van der Waals surface area contributed by atoms with Gasteiger partial charge in [-0.2, -0.15) is 0 Å². The standard InChI is InChI=1S/C13H21Cl/c1-3-5-7-11-9-10-13(14)12(11)8-6-4-2/h9-11H,3-8H2,1-2H3. The van der Waals surface area contributed by atoms with Gasteiger partial charge in [-0.1, -0.05) is 50.8 Å². The van der Waals surface area contributed by atoms with Crippen LogP contribution in [0.1, 0.15) is 52.4 Å². The molecule has 0 saturated carbocycles. The van der Waals surface area contributed by atoms with Crippen LogP contribution in [0.5, 0.6) is 0 Å². The fourth-order valence-electron chi connectivity index (χ4n) is 1.97. The summed E-state index contributed by atoms with van der Waals surface area (Å²) in [5.41, 5.74) is 1.49. The van der Waals surface area contributed by atoms with Gasteiger partial charge < -0.3 is 0 Å². The molecule has 1 aliphatic rings. The van der Waals surface area contributed by atoms with Crippen molar-refractivity contribution in [2.45, 2.75) is 52.4 Å². The molecule has 0 radical (unpaired) electrons. The Kier molecular flexibility index (Phi) is 5.32. The first-order valence-electron chi connectivity index (χ1n) is 5.86. The second-order valence-corrected chi connectivity index (χ2v) is 4.49. The maximum atomic E-state index is 6.18. The smallest absolute Gasteiger partial charge is 0.0401 e. The molecule has 0 aromatic heterocycles. The highest BCUT2D eigenvalue weighted by Gasteiger charge is 2.18. The summed E-state index contributed by atoms with van der Waals surface area (Å²) < 4.78 is 0. The van der Waals surface area contributed by atoms with E-state index in [4.69, 9.17) is 11.6 Å². The topological polar surface area (TPSA) is 0 Å². The number of unbranched alkanes of at least 4 members (excludes halogenated alkanes) is 2. The van der Waals surface area contributed by atoms with Gasteiger partial charge in [0.15, 0.2) is 0 Å². The SMILES string of the molecule is CCCCC1=C(Cl)C=CC1CCCC. The summed E-state index contributed by atoms with van der Waals surface area (Å²) in [6, 6.07) is 0. The van der Waals surface area contributed by atoms with Crippen LogP contribution in [0.4, 0.5) is 0 Å². The summed E-state index contributed by atoms with van der Waals surface area (Å²) in [5.74, 6) is 0.647.